The first-order valence-corrected chi connectivity index (χ1v) is 6.29. The average Bonchev–Trinajstić information content (AvgIpc) is 2.37. The zero-order valence-electron chi connectivity index (χ0n) is 11.4. The fourth-order valence-corrected chi connectivity index (χ4v) is 2.34. The summed E-state index contributed by atoms with van der Waals surface area (Å²) < 4.78 is 27.8. The van der Waals surface area contributed by atoms with Crippen molar-refractivity contribution >= 4 is 5.78 Å². The van der Waals surface area contributed by atoms with Gasteiger partial charge in [0, 0.05) is 19.6 Å². The minimum atomic E-state index is -0.783. The third-order valence-electron chi connectivity index (χ3n) is 3.68. The van der Waals surface area contributed by atoms with Crippen LogP contribution in [-0.2, 0) is 0 Å². The molecule has 0 radical (unpaired) electrons. The number of aryl methyl sites for hydroxylation is 1. The Labute approximate surface area is 111 Å². The second kappa shape index (κ2) is 5.35. The maximum Gasteiger partial charge on any atom is 0.187 e. The number of Topliss-reactive ketones (excluding diaryl/α,β-unsaturated/α-hetero) is 1. The Morgan fingerprint density at radius 3 is 2.63 bits per heavy atom. The van der Waals surface area contributed by atoms with Gasteiger partial charge in [-0.05, 0) is 32.6 Å². The van der Waals surface area contributed by atoms with E-state index >= 15 is 0 Å². The number of hydrogen-bond acceptors (Lipinski definition) is 3. The minimum absolute atomic E-state index is 0.288. The van der Waals surface area contributed by atoms with Gasteiger partial charge in [0.1, 0.15) is 11.6 Å². The first-order chi connectivity index (χ1) is 8.91. The lowest BCUT2D eigenvalue weighted by Crippen LogP contribution is -2.53. The first-order valence-electron chi connectivity index (χ1n) is 6.29. The standard InChI is InChI=1S/C14H18F2N2O/c1-9-4-5-10(15)12(13(9)16)14(19)11-8-17(2)6-7-18(11)3/h4-5,11H,6-8H2,1-3H3. The molecule has 19 heavy (non-hydrogen) atoms. The summed E-state index contributed by atoms with van der Waals surface area (Å²) in [7, 11) is 3.71. The SMILES string of the molecule is Cc1ccc(F)c(C(=O)C2CN(C)CCN2C)c1F. The zero-order valence-corrected chi connectivity index (χ0v) is 11.4. The van der Waals surface area contributed by atoms with Crippen LogP contribution in [0, 0.1) is 18.6 Å². The van der Waals surface area contributed by atoms with Crippen LogP contribution in [0.1, 0.15) is 15.9 Å². The van der Waals surface area contributed by atoms with E-state index in [1.165, 1.54) is 13.0 Å². The maximum atomic E-state index is 14.0. The Balaban J connectivity index is 2.36. The summed E-state index contributed by atoms with van der Waals surface area (Å²) in [4.78, 5) is 16.2. The van der Waals surface area contributed by atoms with Gasteiger partial charge in [0.2, 0.25) is 0 Å². The average molecular weight is 268 g/mol. The van der Waals surface area contributed by atoms with Gasteiger partial charge >= 0.3 is 0 Å². The van der Waals surface area contributed by atoms with Crippen molar-refractivity contribution in [3.8, 4) is 0 Å². The Bertz CT molecular complexity index is 504. The number of likely N-dealkylation sites (N-methyl/N-ethyl adjacent to an activating group) is 2. The Hall–Kier alpha value is -1.33. The number of nitrogens with zero attached hydrogens (tertiary/aromatic N) is 2. The molecule has 0 amide bonds. The third-order valence-corrected chi connectivity index (χ3v) is 3.68. The quantitative estimate of drug-likeness (QED) is 0.763. The van der Waals surface area contributed by atoms with Gasteiger partial charge in [-0.3, -0.25) is 9.69 Å². The number of piperazine rings is 1. The summed E-state index contributed by atoms with van der Waals surface area (Å²) in [5, 5.41) is 0. The van der Waals surface area contributed by atoms with Crippen molar-refractivity contribution in [2.45, 2.75) is 13.0 Å². The lowest BCUT2D eigenvalue weighted by molar-refractivity contribution is 0.0678. The molecular formula is C14H18F2N2O. The molecule has 104 valence electrons. The fraction of sp³-hybridized carbons (Fsp3) is 0.500. The predicted molar refractivity (Wildman–Crippen MR) is 69.3 cm³/mol. The Kier molecular flexibility index (Phi) is 3.96. The molecule has 1 aliphatic heterocycles. The summed E-state index contributed by atoms with van der Waals surface area (Å²) in [6.07, 6.45) is 0. The van der Waals surface area contributed by atoms with E-state index in [1.807, 2.05) is 16.8 Å². The second-order valence-corrected chi connectivity index (χ2v) is 5.18. The van der Waals surface area contributed by atoms with E-state index in [4.69, 9.17) is 0 Å². The Morgan fingerprint density at radius 2 is 1.95 bits per heavy atom. The van der Waals surface area contributed by atoms with Crippen LogP contribution < -0.4 is 0 Å². The summed E-state index contributed by atoms with van der Waals surface area (Å²) >= 11 is 0. The van der Waals surface area contributed by atoms with Crippen molar-refractivity contribution in [2.24, 2.45) is 0 Å². The number of benzene rings is 1. The zero-order chi connectivity index (χ0) is 14.2. The number of carbonyl (C=O) groups is 1. The highest BCUT2D eigenvalue weighted by atomic mass is 19.1. The minimum Gasteiger partial charge on any atom is -0.303 e. The largest absolute Gasteiger partial charge is 0.303 e. The number of carbonyl (C=O) groups excluding carboxylic acids is 1. The molecule has 1 aromatic rings. The second-order valence-electron chi connectivity index (χ2n) is 5.18. The van der Waals surface area contributed by atoms with E-state index in [9.17, 15) is 13.6 Å². The molecule has 1 heterocycles. The molecule has 0 aromatic heterocycles. The molecule has 3 nitrogen and oxygen atoms in total. The highest BCUT2D eigenvalue weighted by Crippen LogP contribution is 2.20. The smallest absolute Gasteiger partial charge is 0.187 e. The van der Waals surface area contributed by atoms with Gasteiger partial charge in [0.05, 0.1) is 11.6 Å². The van der Waals surface area contributed by atoms with Crippen molar-refractivity contribution in [2.75, 3.05) is 33.7 Å². The van der Waals surface area contributed by atoms with E-state index in [0.29, 0.717) is 13.1 Å². The van der Waals surface area contributed by atoms with Gasteiger partial charge in [-0.15, -0.1) is 0 Å². The lowest BCUT2D eigenvalue weighted by Gasteiger charge is -2.36. The molecule has 0 saturated carbocycles. The van der Waals surface area contributed by atoms with Crippen molar-refractivity contribution in [1.29, 1.82) is 0 Å². The van der Waals surface area contributed by atoms with Crippen LogP contribution in [0.25, 0.3) is 0 Å². The fourth-order valence-electron chi connectivity index (χ4n) is 2.34. The molecule has 1 saturated heterocycles. The van der Waals surface area contributed by atoms with E-state index < -0.39 is 29.0 Å². The topological polar surface area (TPSA) is 23.6 Å². The van der Waals surface area contributed by atoms with Gasteiger partial charge in [-0.25, -0.2) is 8.78 Å². The van der Waals surface area contributed by atoms with E-state index in [1.54, 1.807) is 7.05 Å². The molecule has 1 fully saturated rings. The highest BCUT2D eigenvalue weighted by molar-refractivity contribution is 6.01. The first kappa shape index (κ1) is 14.1. The molecule has 2 rings (SSSR count). The van der Waals surface area contributed by atoms with Gasteiger partial charge in [0.25, 0.3) is 0 Å². The maximum absolute atomic E-state index is 14.0. The molecule has 5 heteroatoms. The summed E-state index contributed by atoms with van der Waals surface area (Å²) in [6, 6.07) is 2.00. The third kappa shape index (κ3) is 2.67. The lowest BCUT2D eigenvalue weighted by atomic mass is 9.98. The van der Waals surface area contributed by atoms with Gasteiger partial charge in [0.15, 0.2) is 5.78 Å². The molecule has 1 atom stereocenters. The number of rotatable bonds is 2. The van der Waals surface area contributed by atoms with Crippen molar-refractivity contribution in [3.05, 3.63) is 34.9 Å². The van der Waals surface area contributed by atoms with Gasteiger partial charge in [-0.1, -0.05) is 6.07 Å². The molecular weight excluding hydrogens is 250 g/mol. The van der Waals surface area contributed by atoms with Crippen molar-refractivity contribution in [1.82, 2.24) is 9.80 Å². The van der Waals surface area contributed by atoms with Crippen LogP contribution in [0.4, 0.5) is 8.78 Å². The monoisotopic (exact) mass is 268 g/mol. The van der Waals surface area contributed by atoms with Crippen LogP contribution in [0.15, 0.2) is 12.1 Å². The summed E-state index contributed by atoms with van der Waals surface area (Å²) in [5.74, 6) is -2.01. The number of halogens is 2. The normalized spacial score (nSPS) is 21.6. The highest BCUT2D eigenvalue weighted by Gasteiger charge is 2.32. The molecule has 0 bridgehead atoms. The number of hydrogen-bond donors (Lipinski definition) is 0. The molecule has 1 aliphatic rings. The van der Waals surface area contributed by atoms with Gasteiger partial charge < -0.3 is 4.90 Å². The molecule has 1 unspecified atom stereocenters. The summed E-state index contributed by atoms with van der Waals surface area (Å²) in [5.41, 5.74) is -0.122. The molecule has 0 N–H and O–H groups in total. The number of ketones is 1. The molecule has 1 aromatic carbocycles. The van der Waals surface area contributed by atoms with Crippen LogP contribution in [0.5, 0.6) is 0 Å². The van der Waals surface area contributed by atoms with Crippen LogP contribution in [-0.4, -0.2) is 55.4 Å². The predicted octanol–water partition coefficient (Wildman–Crippen LogP) is 1.70. The van der Waals surface area contributed by atoms with Crippen LogP contribution in [0.3, 0.4) is 0 Å². The van der Waals surface area contributed by atoms with E-state index in [-0.39, 0.29) is 5.56 Å². The molecule has 0 spiro atoms. The molecule has 0 aliphatic carbocycles. The summed E-state index contributed by atoms with van der Waals surface area (Å²) in [6.45, 7) is 3.57. The van der Waals surface area contributed by atoms with Gasteiger partial charge in [-0.2, -0.15) is 0 Å². The van der Waals surface area contributed by atoms with Crippen LogP contribution >= 0.6 is 0 Å². The van der Waals surface area contributed by atoms with E-state index in [0.717, 1.165) is 12.6 Å². The van der Waals surface area contributed by atoms with E-state index in [2.05, 4.69) is 0 Å². The van der Waals surface area contributed by atoms with Crippen molar-refractivity contribution < 1.29 is 13.6 Å². The van der Waals surface area contributed by atoms with Crippen molar-refractivity contribution in [3.63, 3.8) is 0 Å². The van der Waals surface area contributed by atoms with Crippen LogP contribution in [0.2, 0.25) is 0 Å². The Morgan fingerprint density at radius 1 is 1.26 bits per heavy atom.